The molecule has 0 unspecified atom stereocenters. The van der Waals surface area contributed by atoms with Crippen molar-refractivity contribution < 1.29 is 9.90 Å². The lowest BCUT2D eigenvalue weighted by molar-refractivity contribution is 0.0702. The van der Waals surface area contributed by atoms with Gasteiger partial charge >= 0.3 is 5.97 Å². The van der Waals surface area contributed by atoms with Gasteiger partial charge in [-0.25, -0.2) is 4.79 Å². The van der Waals surface area contributed by atoms with E-state index in [2.05, 4.69) is 35.8 Å². The first-order valence-electron chi connectivity index (χ1n) is 6.01. The molecule has 3 aromatic rings. The number of aromatic carboxylic acids is 1. The van der Waals surface area contributed by atoms with Gasteiger partial charge in [-0.3, -0.25) is 0 Å². The minimum absolute atomic E-state index is 0.391. The zero-order valence-corrected chi connectivity index (χ0v) is 11.3. The molecule has 0 atom stereocenters. The second kappa shape index (κ2) is 4.55. The highest BCUT2D eigenvalue weighted by Gasteiger charge is 2.08. The molecule has 0 radical (unpaired) electrons. The SMILES string of the molecule is Cc1ccc2ccn(Cc3ccc(C(=O)O)s3)c2c1. The van der Waals surface area contributed by atoms with Gasteiger partial charge in [-0.05, 0) is 42.1 Å². The van der Waals surface area contributed by atoms with Crippen LogP contribution >= 0.6 is 11.3 Å². The Balaban J connectivity index is 1.96. The highest BCUT2D eigenvalue weighted by molar-refractivity contribution is 7.13. The standard InChI is InChI=1S/C15H13NO2S/c1-10-2-3-11-6-7-16(13(11)8-10)9-12-4-5-14(19-12)15(17)18/h2-8H,9H2,1H3,(H,17,18). The summed E-state index contributed by atoms with van der Waals surface area (Å²) in [5, 5.41) is 10.1. The molecule has 19 heavy (non-hydrogen) atoms. The third kappa shape index (κ3) is 2.27. The van der Waals surface area contributed by atoms with Crippen LogP contribution in [0.5, 0.6) is 0 Å². The molecule has 0 aliphatic rings. The van der Waals surface area contributed by atoms with Gasteiger partial charge in [-0.2, -0.15) is 0 Å². The molecule has 2 aromatic heterocycles. The van der Waals surface area contributed by atoms with Gasteiger partial charge in [0.1, 0.15) is 4.88 Å². The molecule has 0 aliphatic heterocycles. The summed E-state index contributed by atoms with van der Waals surface area (Å²) >= 11 is 1.33. The van der Waals surface area contributed by atoms with E-state index in [1.165, 1.54) is 27.8 Å². The van der Waals surface area contributed by atoms with E-state index in [1.807, 2.05) is 12.3 Å². The van der Waals surface area contributed by atoms with Gasteiger partial charge in [0.15, 0.2) is 0 Å². The molecule has 0 spiro atoms. The summed E-state index contributed by atoms with van der Waals surface area (Å²) < 4.78 is 2.15. The third-order valence-electron chi connectivity index (χ3n) is 3.13. The molecule has 3 rings (SSSR count). The number of carboxylic acids is 1. The molecule has 0 saturated carbocycles. The van der Waals surface area contributed by atoms with Crippen LogP contribution in [0.25, 0.3) is 10.9 Å². The van der Waals surface area contributed by atoms with Crippen LogP contribution in [0.2, 0.25) is 0 Å². The van der Waals surface area contributed by atoms with Crippen LogP contribution < -0.4 is 0 Å². The van der Waals surface area contributed by atoms with E-state index in [-0.39, 0.29) is 0 Å². The summed E-state index contributed by atoms with van der Waals surface area (Å²) in [6.45, 7) is 2.79. The lowest BCUT2D eigenvalue weighted by atomic mass is 10.2. The fraction of sp³-hybridized carbons (Fsp3) is 0.133. The number of fused-ring (bicyclic) bond motifs is 1. The number of carboxylic acid groups (broad SMARTS) is 1. The summed E-state index contributed by atoms with van der Waals surface area (Å²) in [6, 6.07) is 12.0. The summed E-state index contributed by atoms with van der Waals surface area (Å²) in [5.41, 5.74) is 2.41. The minimum Gasteiger partial charge on any atom is -0.477 e. The maximum Gasteiger partial charge on any atom is 0.345 e. The Morgan fingerprint density at radius 2 is 2.11 bits per heavy atom. The second-order valence-electron chi connectivity index (χ2n) is 4.58. The van der Waals surface area contributed by atoms with Crippen LogP contribution in [0, 0.1) is 6.92 Å². The highest BCUT2D eigenvalue weighted by Crippen LogP contribution is 2.22. The first kappa shape index (κ1) is 12.0. The molecule has 0 fully saturated rings. The Hall–Kier alpha value is -2.07. The first-order valence-corrected chi connectivity index (χ1v) is 6.82. The molecule has 1 N–H and O–H groups in total. The number of nitrogens with zero attached hydrogens (tertiary/aromatic N) is 1. The molecule has 4 heteroatoms. The van der Waals surface area contributed by atoms with Gasteiger partial charge in [0.2, 0.25) is 0 Å². The van der Waals surface area contributed by atoms with E-state index >= 15 is 0 Å². The molecule has 0 saturated heterocycles. The maximum atomic E-state index is 10.9. The number of hydrogen-bond donors (Lipinski definition) is 1. The van der Waals surface area contributed by atoms with Gasteiger partial charge in [-0.15, -0.1) is 11.3 Å². The van der Waals surface area contributed by atoms with Crippen molar-refractivity contribution in [3.05, 3.63) is 57.9 Å². The Morgan fingerprint density at radius 1 is 1.26 bits per heavy atom. The van der Waals surface area contributed by atoms with Crippen LogP contribution in [0.1, 0.15) is 20.1 Å². The lowest BCUT2D eigenvalue weighted by Crippen LogP contribution is -1.95. The predicted molar refractivity (Wildman–Crippen MR) is 77.1 cm³/mol. The van der Waals surface area contributed by atoms with Crippen molar-refractivity contribution in [2.45, 2.75) is 13.5 Å². The summed E-state index contributed by atoms with van der Waals surface area (Å²) in [5.74, 6) is -0.857. The molecule has 0 bridgehead atoms. The first-order chi connectivity index (χ1) is 9.13. The topological polar surface area (TPSA) is 42.2 Å². The van der Waals surface area contributed by atoms with Gasteiger partial charge in [-0.1, -0.05) is 12.1 Å². The smallest absolute Gasteiger partial charge is 0.345 e. The summed E-state index contributed by atoms with van der Waals surface area (Å²) in [7, 11) is 0. The highest BCUT2D eigenvalue weighted by atomic mass is 32.1. The van der Waals surface area contributed by atoms with Crippen molar-refractivity contribution in [3.63, 3.8) is 0 Å². The number of rotatable bonds is 3. The van der Waals surface area contributed by atoms with Crippen molar-refractivity contribution >= 4 is 28.2 Å². The van der Waals surface area contributed by atoms with Crippen LogP contribution in [0.3, 0.4) is 0 Å². The Bertz CT molecular complexity index is 754. The minimum atomic E-state index is -0.857. The molecule has 0 amide bonds. The molecule has 2 heterocycles. The largest absolute Gasteiger partial charge is 0.477 e. The predicted octanol–water partition coefficient (Wildman–Crippen LogP) is 3.76. The monoisotopic (exact) mass is 271 g/mol. The van der Waals surface area contributed by atoms with Crippen LogP contribution in [-0.4, -0.2) is 15.6 Å². The van der Waals surface area contributed by atoms with Gasteiger partial charge in [0.05, 0.1) is 6.54 Å². The van der Waals surface area contributed by atoms with Gasteiger partial charge < -0.3 is 9.67 Å². The quantitative estimate of drug-likeness (QED) is 0.788. The Morgan fingerprint density at radius 3 is 2.84 bits per heavy atom. The van der Waals surface area contributed by atoms with Crippen molar-refractivity contribution in [2.75, 3.05) is 0 Å². The number of aryl methyl sites for hydroxylation is 1. The number of aromatic nitrogens is 1. The molecular formula is C15H13NO2S. The zero-order chi connectivity index (χ0) is 13.4. The van der Waals surface area contributed by atoms with Gasteiger partial charge in [0, 0.05) is 16.6 Å². The van der Waals surface area contributed by atoms with Crippen LogP contribution in [-0.2, 0) is 6.54 Å². The zero-order valence-electron chi connectivity index (χ0n) is 10.5. The normalized spacial score (nSPS) is 11.0. The maximum absolute atomic E-state index is 10.9. The second-order valence-corrected chi connectivity index (χ2v) is 5.75. The van der Waals surface area contributed by atoms with Crippen molar-refractivity contribution in [2.24, 2.45) is 0 Å². The van der Waals surface area contributed by atoms with Crippen LogP contribution in [0.4, 0.5) is 0 Å². The number of carbonyl (C=O) groups is 1. The molecule has 3 nitrogen and oxygen atoms in total. The summed E-state index contributed by atoms with van der Waals surface area (Å²) in [4.78, 5) is 12.3. The lowest BCUT2D eigenvalue weighted by Gasteiger charge is -2.04. The molecule has 1 aromatic carbocycles. The number of hydrogen-bond acceptors (Lipinski definition) is 2. The van der Waals surface area contributed by atoms with E-state index in [4.69, 9.17) is 5.11 Å². The average molecular weight is 271 g/mol. The van der Waals surface area contributed by atoms with Crippen molar-refractivity contribution in [1.29, 1.82) is 0 Å². The van der Waals surface area contributed by atoms with E-state index in [9.17, 15) is 4.79 Å². The molecular weight excluding hydrogens is 258 g/mol. The molecule has 0 aliphatic carbocycles. The van der Waals surface area contributed by atoms with E-state index in [0.717, 1.165) is 4.88 Å². The fourth-order valence-electron chi connectivity index (χ4n) is 2.18. The van der Waals surface area contributed by atoms with Crippen molar-refractivity contribution in [1.82, 2.24) is 4.57 Å². The number of thiophene rings is 1. The van der Waals surface area contributed by atoms with E-state index < -0.39 is 5.97 Å². The van der Waals surface area contributed by atoms with Crippen molar-refractivity contribution in [3.8, 4) is 0 Å². The summed E-state index contributed by atoms with van der Waals surface area (Å²) in [6.07, 6.45) is 2.05. The fourth-order valence-corrected chi connectivity index (χ4v) is 3.02. The Kier molecular flexibility index (Phi) is 2.87. The Labute approximate surface area is 114 Å². The van der Waals surface area contributed by atoms with Gasteiger partial charge in [0.25, 0.3) is 0 Å². The van der Waals surface area contributed by atoms with E-state index in [0.29, 0.717) is 11.4 Å². The average Bonchev–Trinajstić information content (AvgIpc) is 2.98. The third-order valence-corrected chi connectivity index (χ3v) is 4.19. The number of benzene rings is 1. The van der Waals surface area contributed by atoms with E-state index in [1.54, 1.807) is 6.07 Å². The molecule has 96 valence electrons. The van der Waals surface area contributed by atoms with Crippen LogP contribution in [0.15, 0.2) is 42.6 Å².